The molecule has 1 aliphatic heterocycles. The molecule has 274 valence electrons. The molecular formula is C36H42F3N5O6S. The van der Waals surface area contributed by atoms with Crippen LogP contribution in [0.1, 0.15) is 80.3 Å². The molecule has 2 aliphatic carbocycles. The number of aromatic nitrogens is 2. The summed E-state index contributed by atoms with van der Waals surface area (Å²) in [5, 5.41) is 2.85. The number of nitrogens with zero attached hydrogens (tertiary/aromatic N) is 3. The minimum atomic E-state index is -4.50. The normalized spacial score (nSPS) is 22.8. The number of amides is 2. The number of fused-ring (bicyclic) bond motifs is 4. The van der Waals surface area contributed by atoms with Gasteiger partial charge in [-0.25, -0.2) is 22.9 Å². The summed E-state index contributed by atoms with van der Waals surface area (Å²) < 4.78 is 84.8. The third kappa shape index (κ3) is 7.92. The van der Waals surface area contributed by atoms with Crippen LogP contribution in [0.3, 0.4) is 0 Å². The van der Waals surface area contributed by atoms with E-state index in [1.807, 2.05) is 32.0 Å². The molecule has 4 bridgehead atoms. The lowest BCUT2D eigenvalue weighted by molar-refractivity contribution is -0.193. The smallest absolute Gasteiger partial charge is 0.407 e. The van der Waals surface area contributed by atoms with Crippen LogP contribution in [0.5, 0.6) is 5.88 Å². The molecule has 0 saturated heterocycles. The molecule has 2 N–H and O–H groups in total. The number of carbonyl (C=O) groups excluding carboxylic acids is 2. The standard InChI is InChI=1S/C36H42F3N5O6S/c1-21(2)50-34(46)40-25-11-13-26(14-12-25)44-27(19-35(15-16-35)36(37,38)39)20-49-30-18-29(31-22(3)7-5-8-23(31)4)41-33(42-30)43-51(47,48)28-10-6-9-24(17-28)32(44)45/h5-10,17-18,21,25-27H,11-16,19-20H2,1-4H3,(H,40,46)(H,41,42,43)/t25-,26-,27-/m1/s1. The van der Waals surface area contributed by atoms with Crippen LogP contribution in [0.2, 0.25) is 0 Å². The minimum Gasteiger partial charge on any atom is -0.475 e. The van der Waals surface area contributed by atoms with Gasteiger partial charge in [-0.3, -0.25) is 4.79 Å². The Kier molecular flexibility index (Phi) is 9.96. The van der Waals surface area contributed by atoms with Gasteiger partial charge >= 0.3 is 12.3 Å². The summed E-state index contributed by atoms with van der Waals surface area (Å²) in [6.07, 6.45) is -4.27. The fourth-order valence-corrected chi connectivity index (χ4v) is 8.17. The molecule has 15 heteroatoms. The van der Waals surface area contributed by atoms with Gasteiger partial charge in [0.2, 0.25) is 11.8 Å². The van der Waals surface area contributed by atoms with Gasteiger partial charge in [-0.1, -0.05) is 24.3 Å². The van der Waals surface area contributed by atoms with Gasteiger partial charge in [-0.2, -0.15) is 18.2 Å². The van der Waals surface area contributed by atoms with Gasteiger partial charge in [-0.15, -0.1) is 0 Å². The highest BCUT2D eigenvalue weighted by Crippen LogP contribution is 2.61. The van der Waals surface area contributed by atoms with Crippen molar-refractivity contribution in [3.8, 4) is 17.1 Å². The quantitative estimate of drug-likeness (QED) is 0.278. The number of hydrogen-bond donors (Lipinski definition) is 2. The molecule has 3 aromatic rings. The maximum Gasteiger partial charge on any atom is 0.407 e. The summed E-state index contributed by atoms with van der Waals surface area (Å²) in [6.45, 7) is 6.90. The van der Waals surface area contributed by atoms with E-state index in [0.29, 0.717) is 31.4 Å². The number of ether oxygens (including phenoxy) is 2. The van der Waals surface area contributed by atoms with Gasteiger partial charge in [0.1, 0.15) is 6.61 Å². The van der Waals surface area contributed by atoms with Gasteiger partial charge in [0.25, 0.3) is 15.9 Å². The lowest BCUT2D eigenvalue weighted by Crippen LogP contribution is -2.53. The second-order valence-corrected chi connectivity index (χ2v) is 15.8. The summed E-state index contributed by atoms with van der Waals surface area (Å²) in [5.74, 6) is -0.954. The van der Waals surface area contributed by atoms with E-state index in [1.165, 1.54) is 35.2 Å². The summed E-state index contributed by atoms with van der Waals surface area (Å²) in [5.41, 5.74) is 0.816. The van der Waals surface area contributed by atoms with Crippen LogP contribution in [-0.4, -0.2) is 72.3 Å². The van der Waals surface area contributed by atoms with E-state index in [9.17, 15) is 31.2 Å². The molecule has 0 radical (unpaired) electrons. The number of carbonyl (C=O) groups is 2. The number of anilines is 1. The number of halogens is 3. The van der Waals surface area contributed by atoms with Crippen molar-refractivity contribution in [1.29, 1.82) is 0 Å². The average Bonchev–Trinajstić information content (AvgIpc) is 3.84. The fraction of sp³-hybridized carbons (Fsp3) is 0.500. The molecule has 11 nitrogen and oxygen atoms in total. The van der Waals surface area contributed by atoms with Crippen LogP contribution >= 0.6 is 0 Å². The Morgan fingerprint density at radius 2 is 1.73 bits per heavy atom. The predicted molar refractivity (Wildman–Crippen MR) is 183 cm³/mol. The maximum atomic E-state index is 14.5. The highest BCUT2D eigenvalue weighted by molar-refractivity contribution is 7.92. The van der Waals surface area contributed by atoms with Crippen LogP contribution in [0.25, 0.3) is 11.3 Å². The van der Waals surface area contributed by atoms with Gasteiger partial charge in [0, 0.05) is 29.3 Å². The third-order valence-electron chi connectivity index (χ3n) is 9.94. The molecule has 1 atom stereocenters. The summed E-state index contributed by atoms with van der Waals surface area (Å²) >= 11 is 0. The third-order valence-corrected chi connectivity index (χ3v) is 11.3. The molecular weight excluding hydrogens is 687 g/mol. The van der Waals surface area contributed by atoms with Crippen molar-refractivity contribution in [3.05, 3.63) is 65.2 Å². The second-order valence-electron chi connectivity index (χ2n) is 14.1. The van der Waals surface area contributed by atoms with Crippen molar-refractivity contribution in [2.24, 2.45) is 5.41 Å². The number of alkyl carbamates (subject to hydrolysis) is 1. The van der Waals surface area contributed by atoms with Crippen LogP contribution in [0, 0.1) is 19.3 Å². The zero-order valence-electron chi connectivity index (χ0n) is 28.9. The summed E-state index contributed by atoms with van der Waals surface area (Å²) in [4.78, 5) is 36.9. The van der Waals surface area contributed by atoms with Crippen molar-refractivity contribution in [2.75, 3.05) is 11.3 Å². The molecule has 2 saturated carbocycles. The van der Waals surface area contributed by atoms with Gasteiger partial charge in [0.15, 0.2) is 0 Å². The zero-order valence-corrected chi connectivity index (χ0v) is 29.7. The maximum absolute atomic E-state index is 14.5. The summed E-state index contributed by atoms with van der Waals surface area (Å²) in [6, 6.07) is 10.8. The van der Waals surface area contributed by atoms with Gasteiger partial charge in [0.05, 0.1) is 28.2 Å². The number of sulfonamides is 1. The Balaban J connectivity index is 1.43. The molecule has 2 amide bonds. The molecule has 6 rings (SSSR count). The van der Waals surface area contributed by atoms with Crippen LogP contribution in [-0.2, 0) is 14.8 Å². The SMILES string of the molecule is Cc1cccc(C)c1-c1cc2nc(n1)NS(=O)(=O)c1cccc(c1)C(=O)N([C@H]1CC[C@H](NC(=O)OC(C)C)CC1)[C@H](CC1(C(F)(F)F)CC1)CO2. The molecule has 2 fully saturated rings. The minimum absolute atomic E-state index is 0.00332. The number of benzene rings is 2. The fourth-order valence-electron chi connectivity index (χ4n) is 7.18. The largest absolute Gasteiger partial charge is 0.475 e. The zero-order chi connectivity index (χ0) is 36.7. The first-order valence-electron chi connectivity index (χ1n) is 17.1. The predicted octanol–water partition coefficient (Wildman–Crippen LogP) is 6.94. The van der Waals surface area contributed by atoms with E-state index in [0.717, 1.165) is 16.7 Å². The monoisotopic (exact) mass is 729 g/mol. The van der Waals surface area contributed by atoms with Crippen molar-refractivity contribution in [2.45, 2.75) is 108 Å². The Bertz CT molecular complexity index is 1890. The molecule has 2 heterocycles. The Morgan fingerprint density at radius 3 is 2.35 bits per heavy atom. The highest BCUT2D eigenvalue weighted by Gasteiger charge is 2.64. The van der Waals surface area contributed by atoms with Crippen molar-refractivity contribution >= 4 is 28.0 Å². The first kappa shape index (κ1) is 36.4. The van der Waals surface area contributed by atoms with Gasteiger partial charge in [-0.05, 0) is 102 Å². The lowest BCUT2D eigenvalue weighted by Gasteiger charge is -2.42. The van der Waals surface area contributed by atoms with Crippen molar-refractivity contribution in [1.82, 2.24) is 20.2 Å². The number of aryl methyl sites for hydroxylation is 2. The Hall–Kier alpha value is -4.40. The van der Waals surface area contributed by atoms with E-state index in [2.05, 4.69) is 20.0 Å². The second kappa shape index (κ2) is 14.0. The van der Waals surface area contributed by atoms with Crippen LogP contribution < -0.4 is 14.8 Å². The van der Waals surface area contributed by atoms with E-state index in [4.69, 9.17) is 9.47 Å². The van der Waals surface area contributed by atoms with Crippen molar-refractivity contribution in [3.63, 3.8) is 0 Å². The topological polar surface area (TPSA) is 140 Å². The average molecular weight is 730 g/mol. The first-order valence-corrected chi connectivity index (χ1v) is 18.6. The summed E-state index contributed by atoms with van der Waals surface area (Å²) in [7, 11) is -4.33. The van der Waals surface area contributed by atoms with E-state index in [-0.39, 0.29) is 53.9 Å². The first-order chi connectivity index (χ1) is 24.0. The molecule has 3 aliphatic rings. The highest BCUT2D eigenvalue weighted by atomic mass is 32.2. The van der Waals surface area contributed by atoms with Crippen molar-refractivity contribution < 1.29 is 40.7 Å². The van der Waals surface area contributed by atoms with E-state index in [1.54, 1.807) is 13.8 Å². The number of alkyl halides is 3. The Labute approximate surface area is 295 Å². The number of nitrogens with one attached hydrogen (secondary N) is 2. The lowest BCUT2D eigenvalue weighted by atomic mass is 9.87. The van der Waals surface area contributed by atoms with Crippen LogP contribution in [0.4, 0.5) is 23.9 Å². The molecule has 1 aromatic heterocycles. The van der Waals surface area contributed by atoms with E-state index < -0.39 is 52.1 Å². The van der Waals surface area contributed by atoms with Crippen LogP contribution in [0.15, 0.2) is 53.4 Å². The van der Waals surface area contributed by atoms with Gasteiger partial charge < -0.3 is 19.7 Å². The van der Waals surface area contributed by atoms with E-state index >= 15 is 0 Å². The number of hydrogen-bond acceptors (Lipinski definition) is 8. The molecule has 51 heavy (non-hydrogen) atoms. The molecule has 0 unspecified atom stereocenters. The molecule has 2 aromatic carbocycles. The molecule has 0 spiro atoms. The number of rotatable bonds is 6. The Morgan fingerprint density at radius 1 is 1.06 bits per heavy atom.